The maximum atomic E-state index is 11.7. The lowest BCUT2D eigenvalue weighted by Gasteiger charge is -2.26. The van der Waals surface area contributed by atoms with Gasteiger partial charge in [-0.3, -0.25) is 9.10 Å². The summed E-state index contributed by atoms with van der Waals surface area (Å²) in [5.41, 5.74) is 6.60. The number of anilines is 1. The summed E-state index contributed by atoms with van der Waals surface area (Å²) in [6.45, 7) is 3.36. The number of carbonyl (C=O) groups is 1. The lowest BCUT2D eigenvalue weighted by atomic mass is 10.2. The van der Waals surface area contributed by atoms with Crippen LogP contribution in [0.4, 0.5) is 5.69 Å². The minimum Gasteiger partial charge on any atom is -0.368 e. The number of benzene rings is 1. The van der Waals surface area contributed by atoms with Crippen molar-refractivity contribution in [2.24, 2.45) is 5.73 Å². The van der Waals surface area contributed by atoms with Crippen molar-refractivity contribution < 1.29 is 13.2 Å². The van der Waals surface area contributed by atoms with E-state index in [-0.39, 0.29) is 0 Å². The first-order chi connectivity index (χ1) is 7.73. The van der Waals surface area contributed by atoms with Gasteiger partial charge in [0.1, 0.15) is 6.04 Å². The zero-order chi connectivity index (χ0) is 13.2. The molecule has 5 nitrogen and oxygen atoms in total. The minimum absolute atomic E-state index is 0.435. The molecule has 0 saturated heterocycles. The van der Waals surface area contributed by atoms with E-state index < -0.39 is 22.0 Å². The molecule has 1 aromatic rings. The average molecular weight is 256 g/mol. The van der Waals surface area contributed by atoms with Crippen molar-refractivity contribution in [3.8, 4) is 0 Å². The van der Waals surface area contributed by atoms with Crippen LogP contribution in [0.3, 0.4) is 0 Å². The highest BCUT2D eigenvalue weighted by atomic mass is 32.2. The number of aryl methyl sites for hydroxylation is 1. The molecule has 1 amide bonds. The van der Waals surface area contributed by atoms with Crippen molar-refractivity contribution in [3.05, 3.63) is 29.8 Å². The third kappa shape index (κ3) is 3.20. The van der Waals surface area contributed by atoms with Crippen LogP contribution in [0.2, 0.25) is 0 Å². The molecule has 6 heteroatoms. The number of amides is 1. The van der Waals surface area contributed by atoms with Crippen LogP contribution in [-0.4, -0.2) is 26.6 Å². The monoisotopic (exact) mass is 256 g/mol. The van der Waals surface area contributed by atoms with Crippen molar-refractivity contribution in [2.45, 2.75) is 19.9 Å². The van der Waals surface area contributed by atoms with E-state index in [9.17, 15) is 13.2 Å². The van der Waals surface area contributed by atoms with Crippen LogP contribution < -0.4 is 10.0 Å². The van der Waals surface area contributed by atoms with Crippen LogP contribution in [0, 0.1) is 6.92 Å². The SMILES string of the molecule is Cc1ccc(N([C@H](C)C(N)=O)S(C)(=O)=O)cc1. The Morgan fingerprint density at radius 3 is 2.12 bits per heavy atom. The summed E-state index contributed by atoms with van der Waals surface area (Å²) in [4.78, 5) is 11.1. The molecule has 1 atom stereocenters. The highest BCUT2D eigenvalue weighted by molar-refractivity contribution is 7.92. The van der Waals surface area contributed by atoms with Gasteiger partial charge in [0.2, 0.25) is 15.9 Å². The Morgan fingerprint density at radius 1 is 1.29 bits per heavy atom. The molecule has 0 radical (unpaired) electrons. The van der Waals surface area contributed by atoms with Crippen LogP contribution >= 0.6 is 0 Å². The zero-order valence-electron chi connectivity index (χ0n) is 10.0. The summed E-state index contributed by atoms with van der Waals surface area (Å²) >= 11 is 0. The largest absolute Gasteiger partial charge is 0.368 e. The molecule has 0 bridgehead atoms. The predicted molar refractivity (Wildman–Crippen MR) is 67.2 cm³/mol. The Labute approximate surface area is 101 Å². The van der Waals surface area contributed by atoms with Crippen molar-refractivity contribution in [2.75, 3.05) is 10.6 Å². The third-order valence-electron chi connectivity index (χ3n) is 2.41. The summed E-state index contributed by atoms with van der Waals surface area (Å²) < 4.78 is 24.4. The second-order valence-corrected chi connectivity index (χ2v) is 5.83. The molecule has 0 saturated carbocycles. The average Bonchev–Trinajstić information content (AvgIpc) is 2.19. The van der Waals surface area contributed by atoms with Gasteiger partial charge in [0.15, 0.2) is 0 Å². The number of carbonyl (C=O) groups excluding carboxylic acids is 1. The smallest absolute Gasteiger partial charge is 0.241 e. The summed E-state index contributed by atoms with van der Waals surface area (Å²) in [5.74, 6) is -0.684. The van der Waals surface area contributed by atoms with E-state index in [0.29, 0.717) is 5.69 Å². The first-order valence-corrected chi connectivity index (χ1v) is 6.93. The fraction of sp³-hybridized carbons (Fsp3) is 0.364. The fourth-order valence-corrected chi connectivity index (χ4v) is 2.69. The number of nitrogens with two attached hydrogens (primary N) is 1. The van der Waals surface area contributed by atoms with Crippen LogP contribution in [0.5, 0.6) is 0 Å². The predicted octanol–water partition coefficient (Wildman–Crippen LogP) is 0.635. The van der Waals surface area contributed by atoms with Crippen molar-refractivity contribution >= 4 is 21.6 Å². The van der Waals surface area contributed by atoms with Gasteiger partial charge in [0.25, 0.3) is 0 Å². The van der Waals surface area contributed by atoms with Crippen molar-refractivity contribution in [1.29, 1.82) is 0 Å². The van der Waals surface area contributed by atoms with Gasteiger partial charge in [-0.15, -0.1) is 0 Å². The number of hydrogen-bond donors (Lipinski definition) is 1. The Morgan fingerprint density at radius 2 is 1.76 bits per heavy atom. The first kappa shape index (κ1) is 13.5. The van der Waals surface area contributed by atoms with Crippen LogP contribution in [0.25, 0.3) is 0 Å². The molecular formula is C11H16N2O3S. The van der Waals surface area contributed by atoms with Gasteiger partial charge in [-0.25, -0.2) is 8.42 Å². The quantitative estimate of drug-likeness (QED) is 0.858. The molecular weight excluding hydrogens is 240 g/mol. The van der Waals surface area contributed by atoms with Gasteiger partial charge in [-0.1, -0.05) is 17.7 Å². The Kier molecular flexibility index (Phi) is 3.77. The summed E-state index contributed by atoms with van der Waals surface area (Å²) in [6, 6.07) is 5.95. The molecule has 94 valence electrons. The van der Waals surface area contributed by atoms with Crippen molar-refractivity contribution in [1.82, 2.24) is 0 Å². The van der Waals surface area contributed by atoms with E-state index >= 15 is 0 Å². The highest BCUT2D eigenvalue weighted by Crippen LogP contribution is 2.20. The van der Waals surface area contributed by atoms with E-state index in [4.69, 9.17) is 5.73 Å². The van der Waals surface area contributed by atoms with E-state index in [1.165, 1.54) is 6.92 Å². The zero-order valence-corrected chi connectivity index (χ0v) is 10.9. The maximum absolute atomic E-state index is 11.7. The number of primary amides is 1. The number of hydrogen-bond acceptors (Lipinski definition) is 3. The Hall–Kier alpha value is -1.56. The lowest BCUT2D eigenvalue weighted by molar-refractivity contribution is -0.118. The number of sulfonamides is 1. The molecule has 0 aliphatic carbocycles. The molecule has 0 spiro atoms. The van der Waals surface area contributed by atoms with Gasteiger partial charge in [-0.05, 0) is 26.0 Å². The maximum Gasteiger partial charge on any atom is 0.241 e. The van der Waals surface area contributed by atoms with E-state index in [0.717, 1.165) is 16.1 Å². The molecule has 1 aromatic carbocycles. The minimum atomic E-state index is -3.54. The van der Waals surface area contributed by atoms with Gasteiger partial charge in [0.05, 0.1) is 11.9 Å². The Balaban J connectivity index is 3.25. The normalized spacial score (nSPS) is 13.1. The molecule has 0 fully saturated rings. The molecule has 0 unspecified atom stereocenters. The summed E-state index contributed by atoms with van der Waals surface area (Å²) in [5, 5.41) is 0. The molecule has 0 aliphatic rings. The van der Waals surface area contributed by atoms with Crippen LogP contribution in [0.15, 0.2) is 24.3 Å². The number of rotatable bonds is 4. The molecule has 0 aliphatic heterocycles. The van der Waals surface area contributed by atoms with Gasteiger partial charge >= 0.3 is 0 Å². The van der Waals surface area contributed by atoms with Crippen LogP contribution in [0.1, 0.15) is 12.5 Å². The summed E-state index contributed by atoms with van der Waals surface area (Å²) in [7, 11) is -3.54. The van der Waals surface area contributed by atoms with E-state index in [1.807, 2.05) is 6.92 Å². The summed E-state index contributed by atoms with van der Waals surface area (Å²) in [6.07, 6.45) is 1.05. The highest BCUT2D eigenvalue weighted by Gasteiger charge is 2.27. The molecule has 2 N–H and O–H groups in total. The second-order valence-electron chi connectivity index (χ2n) is 3.97. The van der Waals surface area contributed by atoms with Crippen LogP contribution in [-0.2, 0) is 14.8 Å². The fourth-order valence-electron chi connectivity index (χ4n) is 1.51. The molecule has 17 heavy (non-hydrogen) atoms. The lowest BCUT2D eigenvalue weighted by Crippen LogP contribution is -2.45. The van der Waals surface area contributed by atoms with Crippen molar-refractivity contribution in [3.63, 3.8) is 0 Å². The third-order valence-corrected chi connectivity index (χ3v) is 3.65. The Bertz CT molecular complexity index is 508. The number of nitrogens with zero attached hydrogens (tertiary/aromatic N) is 1. The second kappa shape index (κ2) is 4.75. The van der Waals surface area contributed by atoms with E-state index in [1.54, 1.807) is 24.3 Å². The standard InChI is InChI=1S/C11H16N2O3S/c1-8-4-6-10(7-5-8)13(17(3,15)16)9(2)11(12)14/h4-7,9H,1-3H3,(H2,12,14)/t9-/m1/s1. The molecule has 0 heterocycles. The molecule has 0 aromatic heterocycles. The molecule has 1 rings (SSSR count). The van der Waals surface area contributed by atoms with Gasteiger partial charge in [0, 0.05) is 0 Å². The first-order valence-electron chi connectivity index (χ1n) is 5.09. The topological polar surface area (TPSA) is 80.5 Å². The van der Waals surface area contributed by atoms with Gasteiger partial charge in [-0.2, -0.15) is 0 Å². The van der Waals surface area contributed by atoms with E-state index in [2.05, 4.69) is 0 Å². The van der Waals surface area contributed by atoms with Gasteiger partial charge < -0.3 is 5.73 Å².